The van der Waals surface area contributed by atoms with Crippen molar-refractivity contribution in [2.75, 3.05) is 19.6 Å². The van der Waals surface area contributed by atoms with E-state index in [1.807, 2.05) is 0 Å². The van der Waals surface area contributed by atoms with Crippen LogP contribution in [0.5, 0.6) is 0 Å². The van der Waals surface area contributed by atoms with Crippen LogP contribution in [0, 0.1) is 17.8 Å². The van der Waals surface area contributed by atoms with Crippen LogP contribution in [-0.2, 0) is 4.79 Å². The van der Waals surface area contributed by atoms with Crippen molar-refractivity contribution < 1.29 is 4.79 Å². The molecule has 1 saturated heterocycles. The summed E-state index contributed by atoms with van der Waals surface area (Å²) in [4.78, 5) is 14.8. The van der Waals surface area contributed by atoms with E-state index in [1.165, 1.54) is 37.8 Å². The molecule has 3 atom stereocenters. The zero-order valence-corrected chi connectivity index (χ0v) is 16.2. The Morgan fingerprint density at radius 2 is 1.77 bits per heavy atom. The van der Waals surface area contributed by atoms with Crippen LogP contribution in [0.2, 0.25) is 0 Å². The summed E-state index contributed by atoms with van der Waals surface area (Å²) in [5, 5.41) is 3.31. The number of carbonyl (C=O) groups excluding carboxylic acids is 1. The number of rotatable bonds is 6. The first-order valence-electron chi connectivity index (χ1n) is 10.8. The standard InChI is InChI=1S/C23H34N2O/c1-17-15-21(17)23(26)24-20-11-13-25(14-12-20)16-22(19-9-5-6-10-19)18-7-3-2-4-8-18/h2-4,7-8,17,19-22H,5-6,9-16H2,1H3,(H,24,26)/t17-,21+,22-/m0/s1. The summed E-state index contributed by atoms with van der Waals surface area (Å²) in [5.74, 6) is 2.75. The quantitative estimate of drug-likeness (QED) is 0.830. The molecule has 1 aromatic rings. The Balaban J connectivity index is 1.30. The van der Waals surface area contributed by atoms with E-state index >= 15 is 0 Å². The van der Waals surface area contributed by atoms with Gasteiger partial charge < -0.3 is 10.2 Å². The van der Waals surface area contributed by atoms with Crippen LogP contribution >= 0.6 is 0 Å². The first kappa shape index (κ1) is 18.0. The first-order chi connectivity index (χ1) is 12.7. The van der Waals surface area contributed by atoms with Crippen LogP contribution in [0.1, 0.15) is 63.4 Å². The maximum atomic E-state index is 12.2. The van der Waals surface area contributed by atoms with Crippen LogP contribution in [0.3, 0.4) is 0 Å². The Kier molecular flexibility index (Phi) is 5.63. The van der Waals surface area contributed by atoms with Crippen LogP contribution in [0.15, 0.2) is 30.3 Å². The number of benzene rings is 1. The highest BCUT2D eigenvalue weighted by atomic mass is 16.2. The SMILES string of the molecule is C[C@H]1C[C@H]1C(=O)NC1CCN(C[C@@H](c2ccccc2)C2CCCC2)CC1. The van der Waals surface area contributed by atoms with Crippen molar-refractivity contribution in [2.45, 2.75) is 63.8 Å². The highest BCUT2D eigenvalue weighted by Crippen LogP contribution is 2.39. The highest BCUT2D eigenvalue weighted by Gasteiger charge is 2.40. The van der Waals surface area contributed by atoms with Gasteiger partial charge in [0.1, 0.15) is 0 Å². The molecule has 0 spiro atoms. The number of hydrogen-bond acceptors (Lipinski definition) is 2. The van der Waals surface area contributed by atoms with Gasteiger partial charge in [0.25, 0.3) is 0 Å². The molecule has 26 heavy (non-hydrogen) atoms. The second-order valence-electron chi connectivity index (χ2n) is 8.96. The van der Waals surface area contributed by atoms with E-state index in [-0.39, 0.29) is 0 Å². The number of amides is 1. The third kappa shape index (κ3) is 4.31. The molecule has 142 valence electrons. The van der Waals surface area contributed by atoms with E-state index < -0.39 is 0 Å². The van der Waals surface area contributed by atoms with E-state index in [9.17, 15) is 4.79 Å². The normalized spacial score (nSPS) is 28.8. The van der Waals surface area contributed by atoms with Gasteiger partial charge in [-0.3, -0.25) is 4.79 Å². The maximum Gasteiger partial charge on any atom is 0.223 e. The lowest BCUT2D eigenvalue weighted by Crippen LogP contribution is -2.46. The Bertz CT molecular complexity index is 587. The largest absolute Gasteiger partial charge is 0.353 e. The van der Waals surface area contributed by atoms with E-state index in [0.29, 0.717) is 29.7 Å². The van der Waals surface area contributed by atoms with Crippen molar-refractivity contribution in [3.63, 3.8) is 0 Å². The average molecular weight is 355 g/mol. The Morgan fingerprint density at radius 1 is 1.12 bits per heavy atom. The molecule has 4 rings (SSSR count). The van der Waals surface area contributed by atoms with Crippen LogP contribution < -0.4 is 5.32 Å². The first-order valence-corrected chi connectivity index (χ1v) is 10.8. The number of nitrogens with zero attached hydrogens (tertiary/aromatic N) is 1. The topological polar surface area (TPSA) is 32.3 Å². The van der Waals surface area contributed by atoms with Crippen LogP contribution in [0.4, 0.5) is 0 Å². The Hall–Kier alpha value is -1.35. The minimum absolute atomic E-state index is 0.304. The van der Waals surface area contributed by atoms with Crippen LogP contribution in [-0.4, -0.2) is 36.5 Å². The van der Waals surface area contributed by atoms with Crippen molar-refractivity contribution in [2.24, 2.45) is 17.8 Å². The van der Waals surface area contributed by atoms with Gasteiger partial charge in [0, 0.05) is 31.6 Å². The zero-order valence-electron chi connectivity index (χ0n) is 16.2. The van der Waals surface area contributed by atoms with E-state index in [2.05, 4.69) is 47.5 Å². The maximum absolute atomic E-state index is 12.2. The molecule has 3 nitrogen and oxygen atoms in total. The molecular weight excluding hydrogens is 320 g/mol. The summed E-state index contributed by atoms with van der Waals surface area (Å²) < 4.78 is 0. The van der Waals surface area contributed by atoms with Gasteiger partial charge in [0.2, 0.25) is 5.91 Å². The van der Waals surface area contributed by atoms with Crippen LogP contribution in [0.25, 0.3) is 0 Å². The predicted octanol–water partition coefficient (Wildman–Crippen LogP) is 4.20. The lowest BCUT2D eigenvalue weighted by atomic mass is 9.84. The summed E-state index contributed by atoms with van der Waals surface area (Å²) in [6, 6.07) is 11.6. The highest BCUT2D eigenvalue weighted by molar-refractivity contribution is 5.81. The monoisotopic (exact) mass is 354 g/mol. The zero-order chi connectivity index (χ0) is 17.9. The third-order valence-corrected chi connectivity index (χ3v) is 7.03. The lowest BCUT2D eigenvalue weighted by Gasteiger charge is -2.36. The smallest absolute Gasteiger partial charge is 0.223 e. The van der Waals surface area contributed by atoms with E-state index in [1.54, 1.807) is 0 Å². The lowest BCUT2D eigenvalue weighted by molar-refractivity contribution is -0.123. The molecule has 0 bridgehead atoms. The molecule has 1 aromatic carbocycles. The molecule has 0 aromatic heterocycles. The Morgan fingerprint density at radius 3 is 2.38 bits per heavy atom. The molecule has 1 amide bonds. The molecule has 2 aliphatic carbocycles. The van der Waals surface area contributed by atoms with Gasteiger partial charge in [0.15, 0.2) is 0 Å². The number of hydrogen-bond donors (Lipinski definition) is 1. The third-order valence-electron chi connectivity index (χ3n) is 7.03. The number of likely N-dealkylation sites (tertiary alicyclic amines) is 1. The molecule has 3 fully saturated rings. The minimum atomic E-state index is 0.304. The molecule has 3 aliphatic rings. The summed E-state index contributed by atoms with van der Waals surface area (Å²) in [6.45, 7) is 5.62. The molecule has 2 saturated carbocycles. The van der Waals surface area contributed by atoms with Crippen molar-refractivity contribution >= 4 is 5.91 Å². The van der Waals surface area contributed by atoms with Crippen molar-refractivity contribution in [3.05, 3.63) is 35.9 Å². The van der Waals surface area contributed by atoms with Crippen molar-refractivity contribution in [1.29, 1.82) is 0 Å². The average Bonchev–Trinajstić information content (AvgIpc) is 3.17. The summed E-state index contributed by atoms with van der Waals surface area (Å²) >= 11 is 0. The second kappa shape index (κ2) is 8.12. The van der Waals surface area contributed by atoms with Crippen molar-refractivity contribution in [1.82, 2.24) is 10.2 Å². The fraction of sp³-hybridized carbons (Fsp3) is 0.696. The fourth-order valence-electron chi connectivity index (χ4n) is 5.12. The molecule has 1 N–H and O–H groups in total. The van der Waals surface area contributed by atoms with Gasteiger partial charge in [-0.2, -0.15) is 0 Å². The number of piperidine rings is 1. The van der Waals surface area contributed by atoms with Crippen molar-refractivity contribution in [3.8, 4) is 0 Å². The number of nitrogens with one attached hydrogen (secondary N) is 1. The molecule has 3 heteroatoms. The molecule has 1 heterocycles. The molecular formula is C23H34N2O. The predicted molar refractivity (Wildman–Crippen MR) is 106 cm³/mol. The number of carbonyl (C=O) groups is 1. The van der Waals surface area contributed by atoms with Gasteiger partial charge in [0.05, 0.1) is 0 Å². The fourth-order valence-corrected chi connectivity index (χ4v) is 5.12. The second-order valence-corrected chi connectivity index (χ2v) is 8.96. The van der Waals surface area contributed by atoms with Gasteiger partial charge in [-0.05, 0) is 55.4 Å². The van der Waals surface area contributed by atoms with Gasteiger partial charge >= 0.3 is 0 Å². The van der Waals surface area contributed by atoms with Gasteiger partial charge in [-0.15, -0.1) is 0 Å². The molecule has 0 unspecified atom stereocenters. The van der Waals surface area contributed by atoms with Gasteiger partial charge in [-0.25, -0.2) is 0 Å². The summed E-state index contributed by atoms with van der Waals surface area (Å²) in [6.07, 6.45) is 8.91. The summed E-state index contributed by atoms with van der Waals surface area (Å²) in [5.41, 5.74) is 1.53. The molecule has 1 aliphatic heterocycles. The molecule has 0 radical (unpaired) electrons. The Labute approximate surface area is 158 Å². The van der Waals surface area contributed by atoms with E-state index in [0.717, 1.165) is 38.3 Å². The minimum Gasteiger partial charge on any atom is -0.353 e. The van der Waals surface area contributed by atoms with Gasteiger partial charge in [-0.1, -0.05) is 50.1 Å². The van der Waals surface area contributed by atoms with E-state index in [4.69, 9.17) is 0 Å². The summed E-state index contributed by atoms with van der Waals surface area (Å²) in [7, 11) is 0.